The zero-order valence-corrected chi connectivity index (χ0v) is 10.5. The predicted octanol–water partition coefficient (Wildman–Crippen LogP) is 1.98. The Morgan fingerprint density at radius 2 is 2.14 bits per heavy atom. The smallest absolute Gasteiger partial charge is 0.420 e. The first-order valence-electron chi connectivity index (χ1n) is 5.91. The van der Waals surface area contributed by atoms with Gasteiger partial charge in [0.25, 0.3) is 5.69 Å². The predicted molar refractivity (Wildman–Crippen MR) is 70.2 cm³/mol. The first kappa shape index (κ1) is 12.9. The van der Waals surface area contributed by atoms with E-state index in [0.717, 1.165) is 4.57 Å². The summed E-state index contributed by atoms with van der Waals surface area (Å²) in [7, 11) is 0. The van der Waals surface area contributed by atoms with Crippen molar-refractivity contribution in [3.63, 3.8) is 0 Å². The van der Waals surface area contributed by atoms with Crippen LogP contribution in [0.3, 0.4) is 0 Å². The summed E-state index contributed by atoms with van der Waals surface area (Å²) in [6, 6.07) is 6.76. The van der Waals surface area contributed by atoms with Gasteiger partial charge in [0.2, 0.25) is 5.78 Å². The van der Waals surface area contributed by atoms with Crippen LogP contribution in [0, 0.1) is 10.1 Å². The number of nitrogens with zero attached hydrogens (tertiary/aromatic N) is 2. The molecule has 0 aliphatic carbocycles. The van der Waals surface area contributed by atoms with E-state index in [2.05, 4.69) is 0 Å². The normalized spacial score (nSPS) is 10.9. The standard InChI is InChI=1S/C13H8N2O6/c16-10(12-2-1-5-20-12)7-14-9-6-8(15(18)19)3-4-11(9)21-13(14)17/h1-6H,7H2. The summed E-state index contributed by atoms with van der Waals surface area (Å²) in [6.45, 7) is -0.319. The van der Waals surface area contributed by atoms with Gasteiger partial charge in [0.15, 0.2) is 11.3 Å². The number of oxazole rings is 1. The second-order valence-electron chi connectivity index (χ2n) is 4.26. The minimum Gasteiger partial charge on any atom is -0.461 e. The summed E-state index contributed by atoms with van der Waals surface area (Å²) >= 11 is 0. The third kappa shape index (κ3) is 2.22. The molecule has 2 heterocycles. The maximum absolute atomic E-state index is 12.0. The number of fused-ring (bicyclic) bond motifs is 1. The molecular formula is C13H8N2O6. The van der Waals surface area contributed by atoms with Gasteiger partial charge >= 0.3 is 5.76 Å². The van der Waals surface area contributed by atoms with Gasteiger partial charge in [0.05, 0.1) is 23.2 Å². The average molecular weight is 288 g/mol. The lowest BCUT2D eigenvalue weighted by Gasteiger charge is -1.99. The van der Waals surface area contributed by atoms with Crippen LogP contribution in [0.4, 0.5) is 5.69 Å². The lowest BCUT2D eigenvalue weighted by molar-refractivity contribution is -0.384. The number of carbonyl (C=O) groups is 1. The van der Waals surface area contributed by atoms with Crippen LogP contribution < -0.4 is 5.76 Å². The van der Waals surface area contributed by atoms with E-state index < -0.39 is 16.5 Å². The number of furan rings is 1. The quantitative estimate of drug-likeness (QED) is 0.412. The Morgan fingerprint density at radius 1 is 1.33 bits per heavy atom. The molecule has 0 amide bonds. The van der Waals surface area contributed by atoms with Crippen molar-refractivity contribution in [3.8, 4) is 0 Å². The number of Topliss-reactive ketones (excluding diaryl/α,β-unsaturated/α-hetero) is 1. The summed E-state index contributed by atoms with van der Waals surface area (Å²) in [5.41, 5.74) is 0.175. The molecule has 0 bridgehead atoms. The van der Waals surface area contributed by atoms with Crippen molar-refractivity contribution in [2.45, 2.75) is 6.54 Å². The zero-order chi connectivity index (χ0) is 15.0. The minimum absolute atomic E-state index is 0.0988. The SMILES string of the molecule is O=C(Cn1c(=O)oc2ccc([N+](=O)[O-])cc21)c1ccco1. The maximum atomic E-state index is 12.0. The fourth-order valence-corrected chi connectivity index (χ4v) is 1.97. The van der Waals surface area contributed by atoms with Crippen LogP contribution in [-0.4, -0.2) is 15.3 Å². The van der Waals surface area contributed by atoms with Gasteiger partial charge in [-0.3, -0.25) is 19.5 Å². The molecule has 0 saturated heterocycles. The summed E-state index contributed by atoms with van der Waals surface area (Å²) in [6.07, 6.45) is 1.34. The molecule has 21 heavy (non-hydrogen) atoms. The third-order valence-corrected chi connectivity index (χ3v) is 2.96. The number of non-ortho nitro benzene ring substituents is 1. The monoisotopic (exact) mass is 288 g/mol. The summed E-state index contributed by atoms with van der Waals surface area (Å²) < 4.78 is 10.9. The highest BCUT2D eigenvalue weighted by Crippen LogP contribution is 2.20. The fraction of sp³-hybridized carbons (Fsp3) is 0.0769. The molecule has 0 unspecified atom stereocenters. The van der Waals surface area contributed by atoms with Crippen LogP contribution in [0.25, 0.3) is 11.1 Å². The Balaban J connectivity index is 2.07. The largest absolute Gasteiger partial charge is 0.461 e. The molecule has 106 valence electrons. The number of aromatic nitrogens is 1. The van der Waals surface area contributed by atoms with Crippen LogP contribution in [0.1, 0.15) is 10.6 Å². The molecule has 3 aromatic rings. The molecule has 8 heteroatoms. The Bertz CT molecular complexity index is 887. The highest BCUT2D eigenvalue weighted by atomic mass is 16.6. The van der Waals surface area contributed by atoms with Crippen molar-refractivity contribution in [2.75, 3.05) is 0 Å². The summed E-state index contributed by atoms with van der Waals surface area (Å²) in [5, 5.41) is 10.8. The summed E-state index contributed by atoms with van der Waals surface area (Å²) in [4.78, 5) is 33.9. The van der Waals surface area contributed by atoms with Gasteiger partial charge in [-0.1, -0.05) is 0 Å². The van der Waals surface area contributed by atoms with E-state index in [1.807, 2.05) is 0 Å². The second kappa shape index (κ2) is 4.75. The number of carbonyl (C=O) groups excluding carboxylic acids is 1. The van der Waals surface area contributed by atoms with E-state index in [-0.39, 0.29) is 29.1 Å². The molecule has 0 aliphatic rings. The van der Waals surface area contributed by atoms with E-state index >= 15 is 0 Å². The number of nitro benzene ring substituents is 1. The third-order valence-electron chi connectivity index (χ3n) is 2.96. The van der Waals surface area contributed by atoms with Crippen molar-refractivity contribution in [2.24, 2.45) is 0 Å². The maximum Gasteiger partial charge on any atom is 0.420 e. The Hall–Kier alpha value is -3.16. The highest BCUT2D eigenvalue weighted by Gasteiger charge is 2.18. The lowest BCUT2D eigenvalue weighted by atomic mass is 10.2. The topological polar surface area (TPSA) is 108 Å². The lowest BCUT2D eigenvalue weighted by Crippen LogP contribution is -2.19. The molecular weight excluding hydrogens is 280 g/mol. The van der Waals surface area contributed by atoms with E-state index in [1.54, 1.807) is 6.07 Å². The highest BCUT2D eigenvalue weighted by molar-refractivity contribution is 5.94. The van der Waals surface area contributed by atoms with Crippen molar-refractivity contribution in [3.05, 3.63) is 63.0 Å². The fourth-order valence-electron chi connectivity index (χ4n) is 1.97. The van der Waals surface area contributed by atoms with Gasteiger partial charge in [-0.2, -0.15) is 0 Å². The van der Waals surface area contributed by atoms with Gasteiger partial charge in [-0.05, 0) is 18.2 Å². The molecule has 0 atom stereocenters. The van der Waals surface area contributed by atoms with Crippen molar-refractivity contribution >= 4 is 22.6 Å². The number of hydrogen-bond donors (Lipinski definition) is 0. The number of hydrogen-bond acceptors (Lipinski definition) is 6. The molecule has 0 spiro atoms. The van der Waals surface area contributed by atoms with Crippen LogP contribution in [0.2, 0.25) is 0 Å². The van der Waals surface area contributed by atoms with Gasteiger partial charge < -0.3 is 8.83 Å². The first-order chi connectivity index (χ1) is 10.1. The number of benzene rings is 1. The second-order valence-corrected chi connectivity index (χ2v) is 4.26. The number of rotatable bonds is 4. The Labute approximate surface area is 116 Å². The van der Waals surface area contributed by atoms with Crippen LogP contribution >= 0.6 is 0 Å². The minimum atomic E-state index is -0.759. The molecule has 1 aromatic carbocycles. The van der Waals surface area contributed by atoms with Gasteiger partial charge in [0.1, 0.15) is 0 Å². The van der Waals surface area contributed by atoms with Gasteiger partial charge in [-0.25, -0.2) is 4.79 Å². The Morgan fingerprint density at radius 3 is 2.81 bits per heavy atom. The molecule has 3 rings (SSSR count). The van der Waals surface area contributed by atoms with Crippen molar-refractivity contribution in [1.29, 1.82) is 0 Å². The van der Waals surface area contributed by atoms with Crippen molar-refractivity contribution < 1.29 is 18.6 Å². The molecule has 0 aliphatic heterocycles. The van der Waals surface area contributed by atoms with E-state index in [4.69, 9.17) is 8.83 Å². The summed E-state index contributed by atoms with van der Waals surface area (Å²) in [5.74, 6) is -1.09. The molecule has 0 saturated carbocycles. The molecule has 0 N–H and O–H groups in total. The number of nitro groups is 1. The average Bonchev–Trinajstić information content (AvgIpc) is 3.07. The molecule has 0 fully saturated rings. The van der Waals surface area contributed by atoms with Crippen molar-refractivity contribution in [1.82, 2.24) is 4.57 Å². The van der Waals surface area contributed by atoms with Gasteiger partial charge in [0, 0.05) is 12.1 Å². The van der Waals surface area contributed by atoms with Gasteiger partial charge in [-0.15, -0.1) is 0 Å². The zero-order valence-electron chi connectivity index (χ0n) is 10.5. The number of ketones is 1. The molecule has 8 nitrogen and oxygen atoms in total. The molecule has 2 aromatic heterocycles. The first-order valence-corrected chi connectivity index (χ1v) is 5.91. The van der Waals surface area contributed by atoms with E-state index in [9.17, 15) is 19.7 Å². The molecule has 0 radical (unpaired) electrons. The van der Waals surface area contributed by atoms with E-state index in [0.29, 0.717) is 0 Å². The van der Waals surface area contributed by atoms with Crippen LogP contribution in [0.5, 0.6) is 0 Å². The van der Waals surface area contributed by atoms with Crippen LogP contribution in [0.15, 0.2) is 50.2 Å². The van der Waals surface area contributed by atoms with E-state index in [1.165, 1.54) is 30.5 Å². The van der Waals surface area contributed by atoms with Crippen LogP contribution in [-0.2, 0) is 6.54 Å². The Kier molecular flexibility index (Phi) is 2.90.